The van der Waals surface area contributed by atoms with Gasteiger partial charge < -0.3 is 4.79 Å². The van der Waals surface area contributed by atoms with Crippen LogP contribution in [0.15, 0.2) is 36.5 Å². The summed E-state index contributed by atoms with van der Waals surface area (Å²) in [5.41, 5.74) is 4.23. The van der Waals surface area contributed by atoms with Crippen molar-refractivity contribution in [3.05, 3.63) is 59.2 Å². The highest BCUT2D eigenvalue weighted by Gasteiger charge is 1.96. The Labute approximate surface area is 114 Å². The summed E-state index contributed by atoms with van der Waals surface area (Å²) in [7, 11) is 0. The first-order chi connectivity index (χ1) is 9.17. The van der Waals surface area contributed by atoms with Crippen LogP contribution in [0, 0.1) is 13.8 Å². The number of aromatic nitrogens is 2. The second-order valence-corrected chi connectivity index (χ2v) is 4.25. The van der Waals surface area contributed by atoms with Crippen LogP contribution in [0.5, 0.6) is 0 Å². The molecule has 0 amide bonds. The Hall–Kier alpha value is -2.03. The first-order valence-electron chi connectivity index (χ1n) is 6.44. The Balaban J connectivity index is 0.000000191. The molecule has 0 aliphatic rings. The molecular formula is C16H20N2O. The molecule has 0 spiro atoms. The van der Waals surface area contributed by atoms with Crippen molar-refractivity contribution >= 4 is 6.29 Å². The van der Waals surface area contributed by atoms with E-state index in [-0.39, 0.29) is 0 Å². The molecule has 3 heteroatoms. The van der Waals surface area contributed by atoms with Crippen LogP contribution in [0.3, 0.4) is 0 Å². The first kappa shape index (κ1) is 15.0. The molecule has 0 saturated heterocycles. The zero-order valence-electron chi connectivity index (χ0n) is 11.8. The van der Waals surface area contributed by atoms with E-state index in [2.05, 4.69) is 16.9 Å². The van der Waals surface area contributed by atoms with Crippen LogP contribution in [0.4, 0.5) is 0 Å². The number of aryl methyl sites for hydroxylation is 3. The zero-order valence-corrected chi connectivity index (χ0v) is 11.8. The monoisotopic (exact) mass is 256 g/mol. The van der Waals surface area contributed by atoms with E-state index in [1.165, 1.54) is 0 Å². The average Bonchev–Trinajstić information content (AvgIpc) is 2.41. The lowest BCUT2D eigenvalue weighted by Crippen LogP contribution is -1.96. The number of nitrogens with zero attached hydrogens (tertiary/aromatic N) is 2. The van der Waals surface area contributed by atoms with Crippen LogP contribution in [-0.2, 0) is 17.6 Å². The minimum Gasteiger partial charge on any atom is -0.303 e. The van der Waals surface area contributed by atoms with E-state index in [1.807, 2.05) is 50.4 Å². The Morgan fingerprint density at radius 3 is 2.37 bits per heavy atom. The average molecular weight is 256 g/mol. The lowest BCUT2D eigenvalue weighted by atomic mass is 10.2. The number of carbonyl (C=O) groups is 1. The summed E-state index contributed by atoms with van der Waals surface area (Å²) in [4.78, 5) is 18.5. The third-order valence-electron chi connectivity index (χ3n) is 2.67. The Bertz CT molecular complexity index is 509. The van der Waals surface area contributed by atoms with E-state index >= 15 is 0 Å². The van der Waals surface area contributed by atoms with E-state index in [0.29, 0.717) is 6.42 Å². The minimum atomic E-state index is 0.529. The molecule has 0 aliphatic heterocycles. The summed E-state index contributed by atoms with van der Waals surface area (Å²) in [6.45, 7) is 6.05. The zero-order chi connectivity index (χ0) is 14.1. The van der Waals surface area contributed by atoms with Crippen molar-refractivity contribution in [2.75, 3.05) is 0 Å². The van der Waals surface area contributed by atoms with Crippen molar-refractivity contribution in [3.63, 3.8) is 0 Å². The van der Waals surface area contributed by atoms with Crippen LogP contribution >= 0.6 is 0 Å². The van der Waals surface area contributed by atoms with Crippen LogP contribution in [0.1, 0.15) is 29.6 Å². The van der Waals surface area contributed by atoms with E-state index < -0.39 is 0 Å². The molecule has 0 unspecified atom stereocenters. The predicted molar refractivity (Wildman–Crippen MR) is 77.1 cm³/mol. The molecule has 100 valence electrons. The summed E-state index contributed by atoms with van der Waals surface area (Å²) in [5, 5.41) is 0. The van der Waals surface area contributed by atoms with Crippen LogP contribution < -0.4 is 0 Å². The fourth-order valence-corrected chi connectivity index (χ4v) is 1.68. The first-order valence-corrected chi connectivity index (χ1v) is 6.44. The summed E-state index contributed by atoms with van der Waals surface area (Å²) < 4.78 is 0. The fourth-order valence-electron chi connectivity index (χ4n) is 1.68. The van der Waals surface area contributed by atoms with Gasteiger partial charge in [-0.1, -0.05) is 37.3 Å². The Kier molecular flexibility index (Phi) is 6.44. The third-order valence-corrected chi connectivity index (χ3v) is 2.67. The highest BCUT2D eigenvalue weighted by atomic mass is 16.1. The minimum absolute atomic E-state index is 0.529. The third kappa shape index (κ3) is 5.42. The number of aldehydes is 1. The van der Waals surface area contributed by atoms with Gasteiger partial charge in [-0.3, -0.25) is 9.97 Å². The molecule has 0 radical (unpaired) electrons. The highest BCUT2D eigenvalue weighted by Crippen LogP contribution is 2.01. The molecule has 1 heterocycles. The maximum absolute atomic E-state index is 9.97. The molecule has 1 aromatic heterocycles. The SMILES string of the molecule is CCc1ncc(C)nc1C.O=CCc1ccccc1. The summed E-state index contributed by atoms with van der Waals surface area (Å²) in [6, 6.07) is 9.68. The van der Waals surface area contributed by atoms with Gasteiger partial charge >= 0.3 is 0 Å². The number of hydrogen-bond acceptors (Lipinski definition) is 3. The van der Waals surface area contributed by atoms with Gasteiger partial charge in [0.1, 0.15) is 6.29 Å². The van der Waals surface area contributed by atoms with Gasteiger partial charge in [-0.25, -0.2) is 0 Å². The van der Waals surface area contributed by atoms with Gasteiger partial charge in [0, 0.05) is 12.6 Å². The second kappa shape index (κ2) is 8.14. The van der Waals surface area contributed by atoms with Gasteiger partial charge in [0.2, 0.25) is 0 Å². The lowest BCUT2D eigenvalue weighted by Gasteiger charge is -1.99. The van der Waals surface area contributed by atoms with Gasteiger partial charge in [0.25, 0.3) is 0 Å². The van der Waals surface area contributed by atoms with Gasteiger partial charge in [-0.05, 0) is 25.8 Å². The molecule has 0 aliphatic carbocycles. The molecule has 2 aromatic rings. The molecule has 0 fully saturated rings. The Morgan fingerprint density at radius 2 is 1.84 bits per heavy atom. The predicted octanol–water partition coefficient (Wildman–Crippen LogP) is 3.08. The maximum atomic E-state index is 9.97. The van der Waals surface area contributed by atoms with E-state index in [4.69, 9.17) is 0 Å². The topological polar surface area (TPSA) is 42.9 Å². The standard InChI is InChI=1S/C8H12N2.C8H8O/c1-4-8-7(3)10-6(2)5-9-8;9-7-6-8-4-2-1-3-5-8/h5H,4H2,1-3H3;1-5,7H,6H2. The molecule has 0 atom stereocenters. The Morgan fingerprint density at radius 1 is 1.16 bits per heavy atom. The van der Waals surface area contributed by atoms with Gasteiger partial charge in [0.15, 0.2) is 0 Å². The normalized spacial score (nSPS) is 9.42. The smallest absolute Gasteiger partial charge is 0.124 e. The van der Waals surface area contributed by atoms with Crippen molar-refractivity contribution in [3.8, 4) is 0 Å². The molecule has 0 N–H and O–H groups in total. The number of benzene rings is 1. The van der Waals surface area contributed by atoms with Gasteiger partial charge in [-0.15, -0.1) is 0 Å². The van der Waals surface area contributed by atoms with Crippen molar-refractivity contribution in [2.24, 2.45) is 0 Å². The van der Waals surface area contributed by atoms with E-state index in [1.54, 1.807) is 0 Å². The van der Waals surface area contributed by atoms with Crippen molar-refractivity contribution in [1.29, 1.82) is 0 Å². The van der Waals surface area contributed by atoms with Crippen molar-refractivity contribution in [1.82, 2.24) is 9.97 Å². The summed E-state index contributed by atoms with van der Waals surface area (Å²) in [6.07, 6.45) is 4.22. The van der Waals surface area contributed by atoms with E-state index in [9.17, 15) is 4.79 Å². The number of carbonyl (C=O) groups excluding carboxylic acids is 1. The van der Waals surface area contributed by atoms with Crippen molar-refractivity contribution < 1.29 is 4.79 Å². The summed E-state index contributed by atoms with van der Waals surface area (Å²) in [5.74, 6) is 0. The van der Waals surface area contributed by atoms with E-state index in [0.717, 1.165) is 35.4 Å². The van der Waals surface area contributed by atoms with Crippen LogP contribution in [-0.4, -0.2) is 16.3 Å². The summed E-state index contributed by atoms with van der Waals surface area (Å²) >= 11 is 0. The molecule has 19 heavy (non-hydrogen) atoms. The lowest BCUT2D eigenvalue weighted by molar-refractivity contribution is -0.107. The van der Waals surface area contributed by atoms with Crippen LogP contribution in [0.2, 0.25) is 0 Å². The largest absolute Gasteiger partial charge is 0.303 e. The molecular weight excluding hydrogens is 236 g/mol. The molecule has 1 aromatic carbocycles. The van der Waals surface area contributed by atoms with Crippen LogP contribution in [0.25, 0.3) is 0 Å². The second-order valence-electron chi connectivity index (χ2n) is 4.25. The maximum Gasteiger partial charge on any atom is 0.124 e. The van der Waals surface area contributed by atoms with Crippen molar-refractivity contribution in [2.45, 2.75) is 33.6 Å². The molecule has 0 saturated carbocycles. The fraction of sp³-hybridized carbons (Fsp3) is 0.312. The van der Waals surface area contributed by atoms with Gasteiger partial charge in [0.05, 0.1) is 17.1 Å². The van der Waals surface area contributed by atoms with Gasteiger partial charge in [-0.2, -0.15) is 0 Å². The quantitative estimate of drug-likeness (QED) is 0.793. The highest BCUT2D eigenvalue weighted by molar-refractivity contribution is 5.54. The number of hydrogen-bond donors (Lipinski definition) is 0. The molecule has 3 nitrogen and oxygen atoms in total. The number of rotatable bonds is 3. The molecule has 0 bridgehead atoms. The molecule has 2 rings (SSSR count).